The number of halogens is 1. The number of nitro groups is 1. The summed E-state index contributed by atoms with van der Waals surface area (Å²) in [5, 5.41) is 19.0. The number of H-pyrrole nitrogens is 1. The van der Waals surface area contributed by atoms with Gasteiger partial charge in [-0.15, -0.1) is 0 Å². The summed E-state index contributed by atoms with van der Waals surface area (Å²) < 4.78 is 0. The van der Waals surface area contributed by atoms with E-state index in [1.54, 1.807) is 6.07 Å². The predicted octanol–water partition coefficient (Wildman–Crippen LogP) is 3.48. The van der Waals surface area contributed by atoms with E-state index < -0.39 is 4.92 Å². The largest absolute Gasteiger partial charge is 0.367 e. The molecule has 1 aromatic carbocycles. The summed E-state index contributed by atoms with van der Waals surface area (Å²) in [6, 6.07) is 5.19. The summed E-state index contributed by atoms with van der Waals surface area (Å²) in [6.07, 6.45) is 2.51. The lowest BCUT2D eigenvalue weighted by Gasteiger charge is -2.37. The van der Waals surface area contributed by atoms with Crippen molar-refractivity contribution in [1.82, 2.24) is 10.2 Å². The molecule has 0 bridgehead atoms. The molecule has 0 radical (unpaired) electrons. The topological polar surface area (TPSA) is 78.3 Å². The Morgan fingerprint density at radius 1 is 1.20 bits per heavy atom. The minimum Gasteiger partial charge on any atom is -0.367 e. The van der Waals surface area contributed by atoms with Gasteiger partial charge in [0.15, 0.2) is 5.82 Å². The number of benzene rings is 1. The Hall–Kier alpha value is -2.28. The molecule has 1 saturated heterocycles. The molecule has 0 spiro atoms. The molecule has 8 heteroatoms. The van der Waals surface area contributed by atoms with Crippen LogP contribution in [0.2, 0.25) is 5.02 Å². The highest BCUT2D eigenvalue weighted by Crippen LogP contribution is 2.40. The highest BCUT2D eigenvalue weighted by molar-refractivity contribution is 6.33. The smallest absolute Gasteiger partial charge is 0.271 e. The fourth-order valence-electron chi connectivity index (χ4n) is 3.47. The van der Waals surface area contributed by atoms with Crippen LogP contribution in [0.4, 0.5) is 17.2 Å². The minimum atomic E-state index is -0.407. The number of aryl methyl sites for hydroxylation is 1. The van der Waals surface area contributed by atoms with Crippen molar-refractivity contribution in [1.29, 1.82) is 0 Å². The van der Waals surface area contributed by atoms with Crippen LogP contribution in [-0.2, 0) is 0 Å². The van der Waals surface area contributed by atoms with E-state index in [2.05, 4.69) is 26.1 Å². The maximum atomic E-state index is 11.0. The van der Waals surface area contributed by atoms with Gasteiger partial charge in [-0.05, 0) is 25.3 Å². The molecular weight excluding hydrogens is 342 g/mol. The first-order valence-corrected chi connectivity index (χ1v) is 8.90. The highest BCUT2D eigenvalue weighted by Gasteiger charge is 2.28. The number of rotatable bonds is 4. The Balaban J connectivity index is 1.47. The van der Waals surface area contributed by atoms with E-state index in [1.807, 2.05) is 6.92 Å². The molecule has 2 aromatic rings. The zero-order chi connectivity index (χ0) is 17.6. The molecule has 25 heavy (non-hydrogen) atoms. The van der Waals surface area contributed by atoms with Crippen LogP contribution in [0.3, 0.4) is 0 Å². The number of aromatic nitrogens is 2. The maximum Gasteiger partial charge on any atom is 0.271 e. The minimum absolute atomic E-state index is 0.0361. The maximum absolute atomic E-state index is 11.0. The van der Waals surface area contributed by atoms with Crippen molar-refractivity contribution in [3.63, 3.8) is 0 Å². The van der Waals surface area contributed by atoms with Crippen LogP contribution in [0.1, 0.15) is 30.0 Å². The number of hydrogen-bond donors (Lipinski definition) is 1. The Kier molecular flexibility index (Phi) is 4.03. The van der Waals surface area contributed by atoms with Crippen LogP contribution in [0.5, 0.6) is 0 Å². The van der Waals surface area contributed by atoms with Crippen LogP contribution < -0.4 is 9.80 Å². The molecule has 2 aliphatic rings. The zero-order valence-electron chi connectivity index (χ0n) is 14.0. The number of nitrogens with one attached hydrogen (secondary N) is 1. The van der Waals surface area contributed by atoms with Gasteiger partial charge in [0.2, 0.25) is 0 Å². The van der Waals surface area contributed by atoms with Crippen molar-refractivity contribution in [2.24, 2.45) is 0 Å². The molecule has 0 atom stereocenters. The lowest BCUT2D eigenvalue weighted by molar-refractivity contribution is -0.384. The number of anilines is 2. The van der Waals surface area contributed by atoms with Crippen LogP contribution in [0, 0.1) is 17.0 Å². The number of nitro benzene ring substituents is 1. The number of non-ortho nitro benzene ring substituents is 1. The molecule has 132 valence electrons. The van der Waals surface area contributed by atoms with Crippen LogP contribution in [0.25, 0.3) is 0 Å². The average Bonchev–Trinajstić information content (AvgIpc) is 3.32. The fraction of sp³-hybridized carbons (Fsp3) is 0.471. The lowest BCUT2D eigenvalue weighted by Crippen LogP contribution is -2.47. The summed E-state index contributed by atoms with van der Waals surface area (Å²) in [6.45, 7) is 5.19. The molecule has 1 aliphatic heterocycles. The van der Waals surface area contributed by atoms with E-state index >= 15 is 0 Å². The number of nitrogens with zero attached hydrogens (tertiary/aromatic N) is 4. The van der Waals surface area contributed by atoms with Gasteiger partial charge in [0.05, 0.1) is 15.6 Å². The molecule has 0 unspecified atom stereocenters. The second-order valence-electron chi connectivity index (χ2n) is 6.78. The normalized spacial score (nSPS) is 17.8. The summed E-state index contributed by atoms with van der Waals surface area (Å²) in [5.74, 6) is 1.68. The van der Waals surface area contributed by atoms with Gasteiger partial charge in [0, 0.05) is 56.0 Å². The third kappa shape index (κ3) is 3.16. The molecule has 1 aromatic heterocycles. The first kappa shape index (κ1) is 16.2. The molecule has 1 saturated carbocycles. The molecular formula is C17H20ClN5O2. The van der Waals surface area contributed by atoms with Crippen molar-refractivity contribution in [2.75, 3.05) is 36.0 Å². The Morgan fingerprint density at radius 2 is 1.88 bits per heavy atom. The van der Waals surface area contributed by atoms with Crippen molar-refractivity contribution in [3.8, 4) is 0 Å². The van der Waals surface area contributed by atoms with E-state index in [-0.39, 0.29) is 5.69 Å². The van der Waals surface area contributed by atoms with Crippen molar-refractivity contribution >= 4 is 28.8 Å². The van der Waals surface area contributed by atoms with Crippen molar-refractivity contribution < 1.29 is 4.92 Å². The first-order valence-electron chi connectivity index (χ1n) is 8.52. The lowest BCUT2D eigenvalue weighted by atomic mass is 10.1. The van der Waals surface area contributed by atoms with Gasteiger partial charge in [-0.25, -0.2) is 0 Å². The third-order valence-electron chi connectivity index (χ3n) is 4.97. The first-order chi connectivity index (χ1) is 12.0. The Labute approximate surface area is 150 Å². The van der Waals surface area contributed by atoms with Crippen molar-refractivity contribution in [2.45, 2.75) is 25.7 Å². The number of piperazine rings is 1. The molecule has 0 amide bonds. The van der Waals surface area contributed by atoms with E-state index in [0.29, 0.717) is 10.9 Å². The van der Waals surface area contributed by atoms with Gasteiger partial charge in [-0.1, -0.05) is 11.6 Å². The van der Waals surface area contributed by atoms with Gasteiger partial charge >= 0.3 is 0 Å². The summed E-state index contributed by atoms with van der Waals surface area (Å²) in [5.41, 5.74) is 3.01. The summed E-state index contributed by atoms with van der Waals surface area (Å²) in [7, 11) is 0. The van der Waals surface area contributed by atoms with E-state index in [4.69, 9.17) is 11.6 Å². The molecule has 2 heterocycles. The van der Waals surface area contributed by atoms with E-state index in [1.165, 1.54) is 24.6 Å². The fourth-order valence-corrected chi connectivity index (χ4v) is 3.85. The van der Waals surface area contributed by atoms with Crippen LogP contribution in [0.15, 0.2) is 18.2 Å². The average molecular weight is 362 g/mol. The molecule has 2 fully saturated rings. The Morgan fingerprint density at radius 3 is 2.48 bits per heavy atom. The van der Waals surface area contributed by atoms with Gasteiger partial charge in [0.1, 0.15) is 0 Å². The van der Waals surface area contributed by atoms with Gasteiger partial charge < -0.3 is 9.80 Å². The molecule has 4 rings (SSSR count). The van der Waals surface area contributed by atoms with Gasteiger partial charge in [-0.2, -0.15) is 5.10 Å². The number of aromatic amines is 1. The Bertz CT molecular complexity index is 786. The standard InChI is InChI=1S/C17H20ClN5O2/c1-11-8-13(23(24)25)9-14(18)17(11)22-6-4-21(5-7-22)16-10-15(19-20-16)12-2-3-12/h8-10,12H,2-7H2,1H3,(H,19,20). The van der Waals surface area contributed by atoms with E-state index in [0.717, 1.165) is 43.2 Å². The zero-order valence-corrected chi connectivity index (χ0v) is 14.8. The van der Waals surface area contributed by atoms with Gasteiger partial charge in [0.25, 0.3) is 5.69 Å². The quantitative estimate of drug-likeness (QED) is 0.666. The molecule has 1 aliphatic carbocycles. The van der Waals surface area contributed by atoms with Crippen LogP contribution >= 0.6 is 11.6 Å². The SMILES string of the molecule is Cc1cc([N+](=O)[O-])cc(Cl)c1N1CCN(c2cc(C3CC3)[nH]n2)CC1. The second kappa shape index (κ2) is 6.22. The van der Waals surface area contributed by atoms with Crippen LogP contribution in [-0.4, -0.2) is 41.3 Å². The third-order valence-corrected chi connectivity index (χ3v) is 5.26. The predicted molar refractivity (Wildman–Crippen MR) is 97.8 cm³/mol. The van der Waals surface area contributed by atoms with E-state index in [9.17, 15) is 10.1 Å². The van der Waals surface area contributed by atoms with Crippen molar-refractivity contribution in [3.05, 3.63) is 44.6 Å². The summed E-state index contributed by atoms with van der Waals surface area (Å²) in [4.78, 5) is 15.0. The second-order valence-corrected chi connectivity index (χ2v) is 7.19. The molecule has 1 N–H and O–H groups in total. The van der Waals surface area contributed by atoms with Gasteiger partial charge in [-0.3, -0.25) is 15.2 Å². The monoisotopic (exact) mass is 361 g/mol. The highest BCUT2D eigenvalue weighted by atomic mass is 35.5. The number of hydrogen-bond acceptors (Lipinski definition) is 5. The summed E-state index contributed by atoms with van der Waals surface area (Å²) >= 11 is 6.33. The molecule has 7 nitrogen and oxygen atoms in total.